The molecule has 1 atom stereocenters. The van der Waals surface area contributed by atoms with Gasteiger partial charge in [-0.05, 0) is 31.4 Å². The number of halogens is 1. The fourth-order valence-corrected chi connectivity index (χ4v) is 1.53. The van der Waals surface area contributed by atoms with Gasteiger partial charge in [0.25, 0.3) is 0 Å². The lowest BCUT2D eigenvalue weighted by molar-refractivity contribution is 0.140. The largest absolute Gasteiger partial charge is 0.382 e. The van der Waals surface area contributed by atoms with Gasteiger partial charge in [-0.15, -0.1) is 0 Å². The smallest absolute Gasteiger partial charge is 0.0621 e. The number of hydrogen-bond donors (Lipinski definition) is 1. The van der Waals surface area contributed by atoms with Crippen LogP contribution in [-0.2, 0) is 11.2 Å². The summed E-state index contributed by atoms with van der Waals surface area (Å²) in [5.41, 5.74) is 7.01. The van der Waals surface area contributed by atoms with Crippen LogP contribution in [0.15, 0.2) is 18.5 Å². The zero-order chi connectivity index (χ0) is 11.1. The van der Waals surface area contributed by atoms with Crippen molar-refractivity contribution in [3.63, 3.8) is 0 Å². The Morgan fingerprint density at radius 3 is 3.07 bits per heavy atom. The highest BCUT2D eigenvalue weighted by Gasteiger charge is 2.06. The summed E-state index contributed by atoms with van der Waals surface area (Å²) in [6, 6.07) is 2.00. The molecule has 1 unspecified atom stereocenters. The highest BCUT2D eigenvalue weighted by Crippen LogP contribution is 2.15. The number of aromatic nitrogens is 1. The van der Waals surface area contributed by atoms with Gasteiger partial charge in [-0.2, -0.15) is 0 Å². The Hall–Kier alpha value is -0.640. The first-order chi connectivity index (χ1) is 7.24. The summed E-state index contributed by atoms with van der Waals surface area (Å²) >= 11 is 5.98. The molecule has 1 aromatic heterocycles. The summed E-state index contributed by atoms with van der Waals surface area (Å²) < 4.78 is 5.25. The van der Waals surface area contributed by atoms with E-state index in [2.05, 4.69) is 4.98 Å². The van der Waals surface area contributed by atoms with Crippen LogP contribution in [0.1, 0.15) is 18.9 Å². The van der Waals surface area contributed by atoms with Crippen LogP contribution >= 0.6 is 11.6 Å². The number of ether oxygens (including phenoxy) is 1. The van der Waals surface area contributed by atoms with Crippen molar-refractivity contribution in [2.45, 2.75) is 25.8 Å². The van der Waals surface area contributed by atoms with Gasteiger partial charge < -0.3 is 10.5 Å². The molecule has 3 nitrogen and oxygen atoms in total. The summed E-state index contributed by atoms with van der Waals surface area (Å²) in [5, 5.41) is 0.685. The summed E-state index contributed by atoms with van der Waals surface area (Å²) in [4.78, 5) is 3.93. The Kier molecular flexibility index (Phi) is 5.61. The highest BCUT2D eigenvalue weighted by molar-refractivity contribution is 6.31. The second kappa shape index (κ2) is 6.77. The molecule has 84 valence electrons. The van der Waals surface area contributed by atoms with E-state index >= 15 is 0 Å². The molecule has 15 heavy (non-hydrogen) atoms. The minimum absolute atomic E-state index is 0.0939. The van der Waals surface area contributed by atoms with Crippen LogP contribution in [-0.4, -0.2) is 24.2 Å². The maximum Gasteiger partial charge on any atom is 0.0621 e. The lowest BCUT2D eigenvalue weighted by atomic mass is 10.1. The molecule has 0 aromatic carbocycles. The topological polar surface area (TPSA) is 48.1 Å². The molecular weight excluding hydrogens is 212 g/mol. The van der Waals surface area contributed by atoms with Gasteiger partial charge in [0.05, 0.1) is 5.02 Å². The highest BCUT2D eigenvalue weighted by atomic mass is 35.5. The molecule has 0 bridgehead atoms. The van der Waals surface area contributed by atoms with Crippen molar-refractivity contribution >= 4 is 11.6 Å². The minimum Gasteiger partial charge on any atom is -0.382 e. The van der Waals surface area contributed by atoms with Crippen LogP contribution < -0.4 is 5.73 Å². The second-order valence-electron chi connectivity index (χ2n) is 3.42. The maximum absolute atomic E-state index is 5.98. The van der Waals surface area contributed by atoms with Gasteiger partial charge in [0.15, 0.2) is 0 Å². The molecule has 0 saturated heterocycles. The van der Waals surface area contributed by atoms with Crippen molar-refractivity contribution in [3.05, 3.63) is 29.0 Å². The summed E-state index contributed by atoms with van der Waals surface area (Å²) in [7, 11) is 0. The summed E-state index contributed by atoms with van der Waals surface area (Å²) in [6.07, 6.45) is 5.00. The molecule has 1 heterocycles. The Labute approximate surface area is 95.6 Å². The first-order valence-corrected chi connectivity index (χ1v) is 5.53. The lowest BCUT2D eigenvalue weighted by Gasteiger charge is -2.12. The predicted octanol–water partition coefficient (Wildman–Crippen LogP) is 2.03. The van der Waals surface area contributed by atoms with Crippen LogP contribution in [0.2, 0.25) is 5.02 Å². The van der Waals surface area contributed by atoms with Crippen molar-refractivity contribution in [2.24, 2.45) is 5.73 Å². The van der Waals surface area contributed by atoms with Crippen LogP contribution in [0.3, 0.4) is 0 Å². The third-order valence-corrected chi connectivity index (χ3v) is 2.52. The van der Waals surface area contributed by atoms with Gasteiger partial charge in [-0.1, -0.05) is 11.6 Å². The average Bonchev–Trinajstić information content (AvgIpc) is 2.22. The van der Waals surface area contributed by atoms with E-state index in [4.69, 9.17) is 22.1 Å². The van der Waals surface area contributed by atoms with E-state index in [1.165, 1.54) is 0 Å². The second-order valence-corrected chi connectivity index (χ2v) is 3.82. The molecule has 0 aliphatic heterocycles. The van der Waals surface area contributed by atoms with E-state index in [0.29, 0.717) is 11.6 Å². The van der Waals surface area contributed by atoms with Gasteiger partial charge in [-0.25, -0.2) is 0 Å². The van der Waals surface area contributed by atoms with E-state index in [1.807, 2.05) is 13.0 Å². The SMILES string of the molecule is CCOCCC(N)Cc1ccncc1Cl. The molecule has 0 radical (unpaired) electrons. The van der Waals surface area contributed by atoms with E-state index in [1.54, 1.807) is 12.4 Å². The number of pyridine rings is 1. The van der Waals surface area contributed by atoms with Crippen LogP contribution in [0, 0.1) is 0 Å². The van der Waals surface area contributed by atoms with Crippen molar-refractivity contribution < 1.29 is 4.74 Å². The van der Waals surface area contributed by atoms with Gasteiger partial charge >= 0.3 is 0 Å². The zero-order valence-electron chi connectivity index (χ0n) is 8.95. The molecule has 1 aromatic rings. The third-order valence-electron chi connectivity index (χ3n) is 2.18. The monoisotopic (exact) mass is 228 g/mol. The van der Waals surface area contributed by atoms with Crippen LogP contribution in [0.5, 0.6) is 0 Å². The fourth-order valence-electron chi connectivity index (χ4n) is 1.33. The summed E-state index contributed by atoms with van der Waals surface area (Å²) in [5.74, 6) is 0. The molecule has 0 aliphatic carbocycles. The Morgan fingerprint density at radius 2 is 2.40 bits per heavy atom. The van der Waals surface area contributed by atoms with Crippen molar-refractivity contribution in [2.75, 3.05) is 13.2 Å². The van der Waals surface area contributed by atoms with Gasteiger partial charge in [-0.3, -0.25) is 4.98 Å². The minimum atomic E-state index is 0.0939. The Balaban J connectivity index is 2.37. The molecule has 0 fully saturated rings. The zero-order valence-corrected chi connectivity index (χ0v) is 9.70. The molecule has 2 N–H and O–H groups in total. The number of nitrogens with zero attached hydrogens (tertiary/aromatic N) is 1. The third kappa shape index (κ3) is 4.60. The average molecular weight is 229 g/mol. The molecule has 4 heteroatoms. The van der Waals surface area contributed by atoms with Gasteiger partial charge in [0.2, 0.25) is 0 Å². The van der Waals surface area contributed by atoms with Crippen molar-refractivity contribution in [1.29, 1.82) is 0 Å². The fraction of sp³-hybridized carbons (Fsp3) is 0.545. The van der Waals surface area contributed by atoms with Crippen LogP contribution in [0.25, 0.3) is 0 Å². The molecule has 0 amide bonds. The molecule has 1 rings (SSSR count). The van der Waals surface area contributed by atoms with Crippen molar-refractivity contribution in [1.82, 2.24) is 4.98 Å². The quantitative estimate of drug-likeness (QED) is 0.758. The Morgan fingerprint density at radius 1 is 1.60 bits per heavy atom. The molecule has 0 spiro atoms. The number of hydrogen-bond acceptors (Lipinski definition) is 3. The van der Waals surface area contributed by atoms with E-state index in [9.17, 15) is 0 Å². The lowest BCUT2D eigenvalue weighted by Crippen LogP contribution is -2.24. The summed E-state index contributed by atoms with van der Waals surface area (Å²) in [6.45, 7) is 3.42. The molecule has 0 aliphatic rings. The van der Waals surface area contributed by atoms with E-state index in [0.717, 1.165) is 25.0 Å². The first kappa shape index (κ1) is 12.4. The van der Waals surface area contributed by atoms with E-state index < -0.39 is 0 Å². The number of nitrogens with two attached hydrogens (primary N) is 1. The molecular formula is C11H17ClN2O. The number of rotatable bonds is 6. The molecule has 0 saturated carbocycles. The maximum atomic E-state index is 5.98. The first-order valence-electron chi connectivity index (χ1n) is 5.15. The van der Waals surface area contributed by atoms with Gasteiger partial charge in [0.1, 0.15) is 0 Å². The normalized spacial score (nSPS) is 12.7. The Bertz CT molecular complexity index is 294. The predicted molar refractivity (Wildman–Crippen MR) is 62.0 cm³/mol. The standard InChI is InChI=1S/C11H17ClN2O/c1-2-15-6-4-10(13)7-9-3-5-14-8-11(9)12/h3,5,8,10H,2,4,6-7,13H2,1H3. The van der Waals surface area contributed by atoms with E-state index in [-0.39, 0.29) is 6.04 Å². The van der Waals surface area contributed by atoms with Crippen molar-refractivity contribution in [3.8, 4) is 0 Å². The van der Waals surface area contributed by atoms with Gasteiger partial charge in [0, 0.05) is 31.6 Å². The van der Waals surface area contributed by atoms with Crippen LogP contribution in [0.4, 0.5) is 0 Å².